The molecule has 6 rings (SSSR count). The Kier molecular flexibility index (Phi) is 7.84. The number of nitrogens with two attached hydrogens (primary N) is 1. The van der Waals surface area contributed by atoms with E-state index in [4.69, 9.17) is 5.73 Å². The van der Waals surface area contributed by atoms with Gasteiger partial charge in [-0.15, -0.1) is 0 Å². The minimum absolute atomic E-state index is 0.0642. The molecule has 218 valence electrons. The van der Waals surface area contributed by atoms with Gasteiger partial charge in [0.05, 0.1) is 10.4 Å². The topological polar surface area (TPSA) is 109 Å². The Bertz CT molecular complexity index is 1870. The number of nitrogens with zero attached hydrogens (tertiary/aromatic N) is 3. The van der Waals surface area contributed by atoms with Gasteiger partial charge < -0.3 is 10.6 Å². The van der Waals surface area contributed by atoms with Gasteiger partial charge in [-0.1, -0.05) is 54.6 Å². The summed E-state index contributed by atoms with van der Waals surface area (Å²) in [5, 5.41) is 0.895. The molecular weight excluding hydrogens is 558 g/mol. The summed E-state index contributed by atoms with van der Waals surface area (Å²) in [5.41, 5.74) is 10.5. The second-order valence-electron chi connectivity index (χ2n) is 10.7. The van der Waals surface area contributed by atoms with Crippen molar-refractivity contribution < 1.29 is 13.2 Å². The first kappa shape index (κ1) is 28.4. The van der Waals surface area contributed by atoms with Gasteiger partial charge in [0.1, 0.15) is 0 Å². The number of hydrogen-bond donors (Lipinski definition) is 2. The van der Waals surface area contributed by atoms with E-state index >= 15 is 0 Å². The summed E-state index contributed by atoms with van der Waals surface area (Å²) in [7, 11) is -4.00. The lowest BCUT2D eigenvalue weighted by Crippen LogP contribution is -2.49. The molecule has 0 radical (unpaired) electrons. The Morgan fingerprint density at radius 3 is 2.30 bits per heavy atom. The van der Waals surface area contributed by atoms with Gasteiger partial charge in [-0.2, -0.15) is 0 Å². The van der Waals surface area contributed by atoms with Crippen LogP contribution >= 0.6 is 0 Å². The lowest BCUT2D eigenvalue weighted by molar-refractivity contribution is 0.0582. The Hall–Kier alpha value is -4.73. The molecule has 1 aliphatic heterocycles. The SMILES string of the molecule is C[C@H](c1ccccc1)N1CCN(C(=O)c2ccc(NS(=O)(=O)c3ccc(N)cc3-c3cccc4cccnc34)cc2)CC1. The van der Waals surface area contributed by atoms with E-state index in [2.05, 4.69) is 33.7 Å². The zero-order valence-electron chi connectivity index (χ0n) is 23.9. The number of sulfonamides is 1. The molecule has 8 nitrogen and oxygen atoms in total. The number of carbonyl (C=O) groups is 1. The number of fused-ring (bicyclic) bond motifs is 1. The first-order chi connectivity index (χ1) is 20.8. The fourth-order valence-corrected chi connectivity index (χ4v) is 6.90. The van der Waals surface area contributed by atoms with E-state index in [0.717, 1.165) is 18.5 Å². The van der Waals surface area contributed by atoms with Crippen LogP contribution in [0, 0.1) is 0 Å². The molecule has 1 amide bonds. The fraction of sp³-hybridized carbons (Fsp3) is 0.176. The average Bonchev–Trinajstić information content (AvgIpc) is 3.04. The number of nitrogens with one attached hydrogen (secondary N) is 1. The first-order valence-corrected chi connectivity index (χ1v) is 15.7. The van der Waals surface area contributed by atoms with Crippen molar-refractivity contribution in [2.75, 3.05) is 36.6 Å². The Balaban J connectivity index is 1.17. The number of piperazine rings is 1. The number of aromatic nitrogens is 1. The van der Waals surface area contributed by atoms with Crippen molar-refractivity contribution in [3.63, 3.8) is 0 Å². The number of amides is 1. The van der Waals surface area contributed by atoms with Crippen LogP contribution in [0.3, 0.4) is 0 Å². The standard InChI is InChI=1S/C34H33N5O3S/c1-24(25-7-3-2-4-8-25)38-19-21-39(22-20-38)34(40)27-12-15-29(16-13-27)37-43(41,42)32-17-14-28(35)23-31(32)30-11-5-9-26-10-6-18-36-33(26)30/h2-18,23-24,37H,19-22,35H2,1H3/t24-/m1/s1. The molecule has 1 atom stereocenters. The van der Waals surface area contributed by atoms with Crippen molar-refractivity contribution in [3.8, 4) is 11.1 Å². The van der Waals surface area contributed by atoms with Gasteiger partial charge in [-0.3, -0.25) is 19.4 Å². The number of rotatable bonds is 7. The van der Waals surface area contributed by atoms with Crippen LogP contribution in [0.15, 0.2) is 114 Å². The molecule has 2 heterocycles. The van der Waals surface area contributed by atoms with Gasteiger partial charge in [0, 0.05) is 71.9 Å². The fourth-order valence-electron chi connectivity index (χ4n) is 5.64. The highest BCUT2D eigenvalue weighted by atomic mass is 32.2. The summed E-state index contributed by atoms with van der Waals surface area (Å²) in [6, 6.07) is 31.4. The minimum atomic E-state index is -4.00. The maximum atomic E-state index is 13.6. The summed E-state index contributed by atoms with van der Waals surface area (Å²) in [6.07, 6.45) is 1.68. The molecule has 0 aliphatic carbocycles. The maximum Gasteiger partial charge on any atom is 0.262 e. The van der Waals surface area contributed by atoms with Crippen molar-refractivity contribution in [1.82, 2.24) is 14.8 Å². The van der Waals surface area contributed by atoms with Crippen LogP contribution in [0.2, 0.25) is 0 Å². The van der Waals surface area contributed by atoms with Crippen LogP contribution in [0.5, 0.6) is 0 Å². The molecule has 43 heavy (non-hydrogen) atoms. The number of nitrogen functional groups attached to an aromatic ring is 1. The van der Waals surface area contributed by atoms with E-state index in [1.807, 2.05) is 53.4 Å². The first-order valence-electron chi connectivity index (χ1n) is 14.2. The van der Waals surface area contributed by atoms with Gasteiger partial charge in [-0.05, 0) is 61.0 Å². The number of para-hydroxylation sites is 1. The normalized spacial score (nSPS) is 14.9. The average molecular weight is 592 g/mol. The van der Waals surface area contributed by atoms with Crippen LogP contribution < -0.4 is 10.5 Å². The third-order valence-corrected chi connectivity index (χ3v) is 9.47. The molecular formula is C34H33N5O3S. The highest BCUT2D eigenvalue weighted by Gasteiger charge is 2.26. The zero-order chi connectivity index (χ0) is 30.0. The summed E-state index contributed by atoms with van der Waals surface area (Å²) in [6.45, 7) is 5.03. The summed E-state index contributed by atoms with van der Waals surface area (Å²) < 4.78 is 30.0. The second kappa shape index (κ2) is 11.9. The molecule has 0 bridgehead atoms. The quantitative estimate of drug-likeness (QED) is 0.232. The number of pyridine rings is 1. The highest BCUT2D eigenvalue weighted by molar-refractivity contribution is 7.92. The Morgan fingerprint density at radius 2 is 1.56 bits per heavy atom. The van der Waals surface area contributed by atoms with Crippen molar-refractivity contribution in [2.24, 2.45) is 0 Å². The van der Waals surface area contributed by atoms with Gasteiger partial charge >= 0.3 is 0 Å². The molecule has 0 saturated carbocycles. The Labute approximate surface area is 251 Å². The van der Waals surface area contributed by atoms with Crippen molar-refractivity contribution >= 4 is 38.2 Å². The van der Waals surface area contributed by atoms with E-state index in [-0.39, 0.29) is 16.8 Å². The lowest BCUT2D eigenvalue weighted by atomic mass is 10.0. The van der Waals surface area contributed by atoms with Gasteiger partial charge in [-0.25, -0.2) is 8.42 Å². The maximum absolute atomic E-state index is 13.6. The predicted molar refractivity (Wildman–Crippen MR) is 171 cm³/mol. The van der Waals surface area contributed by atoms with E-state index in [1.165, 1.54) is 11.6 Å². The van der Waals surface area contributed by atoms with Crippen molar-refractivity contribution in [2.45, 2.75) is 17.9 Å². The van der Waals surface area contributed by atoms with Crippen LogP contribution in [0.25, 0.3) is 22.0 Å². The minimum Gasteiger partial charge on any atom is -0.399 e. The van der Waals surface area contributed by atoms with E-state index in [0.29, 0.717) is 46.7 Å². The third-order valence-electron chi connectivity index (χ3n) is 8.03. The lowest BCUT2D eigenvalue weighted by Gasteiger charge is -2.38. The smallest absolute Gasteiger partial charge is 0.262 e. The molecule has 5 aromatic rings. The Morgan fingerprint density at radius 1 is 0.837 bits per heavy atom. The summed E-state index contributed by atoms with van der Waals surface area (Å²) >= 11 is 0. The molecule has 1 aromatic heterocycles. The van der Waals surface area contributed by atoms with E-state index in [9.17, 15) is 13.2 Å². The molecule has 1 saturated heterocycles. The molecule has 9 heteroatoms. The number of carbonyl (C=O) groups excluding carboxylic acids is 1. The molecule has 0 spiro atoms. The van der Waals surface area contributed by atoms with Gasteiger partial charge in [0.2, 0.25) is 0 Å². The largest absolute Gasteiger partial charge is 0.399 e. The molecule has 0 unspecified atom stereocenters. The summed E-state index contributed by atoms with van der Waals surface area (Å²) in [4.78, 5) is 22.1. The molecule has 4 aromatic carbocycles. The molecule has 3 N–H and O–H groups in total. The molecule has 1 aliphatic rings. The van der Waals surface area contributed by atoms with Crippen molar-refractivity contribution in [3.05, 3.63) is 120 Å². The third kappa shape index (κ3) is 5.95. The van der Waals surface area contributed by atoms with Gasteiger partial charge in [0.15, 0.2) is 0 Å². The van der Waals surface area contributed by atoms with Crippen LogP contribution in [0.1, 0.15) is 28.9 Å². The number of benzene rings is 4. The summed E-state index contributed by atoms with van der Waals surface area (Å²) in [5.74, 6) is -0.0642. The zero-order valence-corrected chi connectivity index (χ0v) is 24.7. The van der Waals surface area contributed by atoms with Crippen molar-refractivity contribution in [1.29, 1.82) is 0 Å². The number of hydrogen-bond acceptors (Lipinski definition) is 6. The highest BCUT2D eigenvalue weighted by Crippen LogP contribution is 2.34. The number of anilines is 2. The van der Waals surface area contributed by atoms with E-state index < -0.39 is 10.0 Å². The van der Waals surface area contributed by atoms with Crippen LogP contribution in [0.4, 0.5) is 11.4 Å². The monoisotopic (exact) mass is 591 g/mol. The second-order valence-corrected chi connectivity index (χ2v) is 12.4. The van der Waals surface area contributed by atoms with Gasteiger partial charge in [0.25, 0.3) is 15.9 Å². The van der Waals surface area contributed by atoms with E-state index in [1.54, 1.807) is 42.6 Å². The van der Waals surface area contributed by atoms with Crippen LogP contribution in [-0.2, 0) is 10.0 Å². The predicted octanol–water partition coefficient (Wildman–Crippen LogP) is 5.80. The van der Waals surface area contributed by atoms with Crippen LogP contribution in [-0.4, -0.2) is 55.3 Å². The molecule has 1 fully saturated rings.